The average Bonchev–Trinajstić information content (AvgIpc) is 2.95. The van der Waals surface area contributed by atoms with Gasteiger partial charge in [-0.15, -0.1) is 0 Å². The van der Waals surface area contributed by atoms with Gasteiger partial charge in [-0.05, 0) is 81.4 Å². The predicted molar refractivity (Wildman–Crippen MR) is 149 cm³/mol. The van der Waals surface area contributed by atoms with Crippen molar-refractivity contribution in [3.63, 3.8) is 0 Å². The number of aliphatic hydroxyl groups is 2. The fourth-order valence-corrected chi connectivity index (χ4v) is 4.52. The Morgan fingerprint density at radius 2 is 2.00 bits per heavy atom. The number of nitrogens with zero attached hydrogens (tertiary/aromatic N) is 3. The Balaban J connectivity index is 1.43. The molecule has 202 valence electrons. The summed E-state index contributed by atoms with van der Waals surface area (Å²) in [5.41, 5.74) is 3.63. The molecule has 1 aromatic rings. The minimum atomic E-state index is -0.911. The molecule has 0 spiro atoms. The molecule has 1 heterocycles. The molecule has 1 amide bonds. The molecular weight excluding hydrogens is 468 g/mol. The first kappa shape index (κ1) is 28.6. The first-order chi connectivity index (χ1) is 17.9. The molecule has 1 aliphatic heterocycles. The van der Waals surface area contributed by atoms with Crippen LogP contribution in [0.15, 0.2) is 52.1 Å². The molecule has 1 aromatic carbocycles. The molecule has 0 saturated carbocycles. The van der Waals surface area contributed by atoms with Gasteiger partial charge in [0.15, 0.2) is 0 Å². The third kappa shape index (κ3) is 8.83. The van der Waals surface area contributed by atoms with Crippen LogP contribution in [0.5, 0.6) is 5.75 Å². The Morgan fingerprint density at radius 1 is 1.27 bits per heavy atom. The molecule has 1 unspecified atom stereocenters. The van der Waals surface area contributed by atoms with E-state index >= 15 is 0 Å². The molecule has 0 radical (unpaired) electrons. The Kier molecular flexibility index (Phi) is 11.4. The van der Waals surface area contributed by atoms with Crippen LogP contribution < -0.4 is 10.1 Å². The van der Waals surface area contributed by atoms with Gasteiger partial charge in [0, 0.05) is 31.8 Å². The van der Waals surface area contributed by atoms with Crippen molar-refractivity contribution < 1.29 is 19.7 Å². The van der Waals surface area contributed by atoms with E-state index in [4.69, 9.17) is 9.84 Å². The van der Waals surface area contributed by atoms with Crippen molar-refractivity contribution in [1.82, 2.24) is 10.2 Å². The van der Waals surface area contributed by atoms with Gasteiger partial charge >= 0.3 is 0 Å². The van der Waals surface area contributed by atoms with E-state index in [1.165, 1.54) is 11.1 Å². The average molecular weight is 511 g/mol. The molecule has 8 heteroatoms. The summed E-state index contributed by atoms with van der Waals surface area (Å²) in [6.07, 6.45) is 8.42. The van der Waals surface area contributed by atoms with E-state index in [9.17, 15) is 9.90 Å². The van der Waals surface area contributed by atoms with Crippen LogP contribution in [0, 0.1) is 11.8 Å². The Morgan fingerprint density at radius 3 is 2.59 bits per heavy atom. The molecule has 0 aromatic heterocycles. The van der Waals surface area contributed by atoms with Crippen molar-refractivity contribution in [2.24, 2.45) is 21.8 Å². The van der Waals surface area contributed by atoms with Gasteiger partial charge in [0.1, 0.15) is 5.75 Å². The fraction of sp³-hybridized carbons (Fsp3) is 0.552. The standard InChI is InChI=1S/C29H42N4O4/c1-4-21(2)17-32-29(30-3)33-15-13-22(14-16-33)20-37-27-11-9-24(10-12-27)23-5-7-25(8-6-23)28(36)31-18-26(35)19-34/h5,9-12,17,22,25-26,34-35H,3-4,6-8,13-16,18-20H2,1-2H3,(H,31,36)/b21-17+,32-29+/t25?,26-/m0/s1. The van der Waals surface area contributed by atoms with Crippen molar-refractivity contribution in [2.75, 3.05) is 32.8 Å². The lowest BCUT2D eigenvalue weighted by Gasteiger charge is -2.32. The highest BCUT2D eigenvalue weighted by Crippen LogP contribution is 2.31. The lowest BCUT2D eigenvalue weighted by atomic mass is 9.86. The Bertz CT molecular complexity index is 978. The number of rotatable bonds is 10. The van der Waals surface area contributed by atoms with Gasteiger partial charge in [0.25, 0.3) is 0 Å². The monoisotopic (exact) mass is 510 g/mol. The summed E-state index contributed by atoms with van der Waals surface area (Å²) in [6, 6.07) is 8.22. The smallest absolute Gasteiger partial charge is 0.224 e. The van der Waals surface area contributed by atoms with Crippen molar-refractivity contribution in [2.45, 2.75) is 58.5 Å². The van der Waals surface area contributed by atoms with Crippen LogP contribution in [0.4, 0.5) is 0 Å². The summed E-state index contributed by atoms with van der Waals surface area (Å²) in [5, 5.41) is 21.0. The first-order valence-corrected chi connectivity index (χ1v) is 13.4. The second kappa shape index (κ2) is 14.7. The van der Waals surface area contributed by atoms with Crippen molar-refractivity contribution >= 4 is 24.2 Å². The van der Waals surface area contributed by atoms with Gasteiger partial charge in [-0.25, -0.2) is 9.98 Å². The number of benzene rings is 1. The molecule has 2 atom stereocenters. The molecule has 1 aliphatic carbocycles. The number of likely N-dealkylation sites (tertiary alicyclic amines) is 1. The molecule has 1 saturated heterocycles. The maximum atomic E-state index is 12.3. The highest BCUT2D eigenvalue weighted by atomic mass is 16.5. The van der Waals surface area contributed by atoms with Crippen molar-refractivity contribution in [3.05, 3.63) is 47.7 Å². The van der Waals surface area contributed by atoms with Gasteiger partial charge in [-0.1, -0.05) is 30.7 Å². The Hall–Kier alpha value is -2.97. The topological polar surface area (TPSA) is 107 Å². The van der Waals surface area contributed by atoms with E-state index in [0.717, 1.165) is 56.5 Å². The fourth-order valence-electron chi connectivity index (χ4n) is 4.52. The van der Waals surface area contributed by atoms with E-state index in [-0.39, 0.29) is 25.0 Å². The van der Waals surface area contributed by atoms with E-state index in [0.29, 0.717) is 24.9 Å². The molecule has 1 fully saturated rings. The zero-order valence-electron chi connectivity index (χ0n) is 22.2. The van der Waals surface area contributed by atoms with Crippen LogP contribution in [0.25, 0.3) is 5.57 Å². The second-order valence-electron chi connectivity index (χ2n) is 9.96. The number of piperidine rings is 1. The number of aliphatic hydroxyl groups excluding tert-OH is 2. The molecule has 0 bridgehead atoms. The van der Waals surface area contributed by atoms with Crippen LogP contribution >= 0.6 is 0 Å². The van der Waals surface area contributed by atoms with Crippen LogP contribution in [0.1, 0.15) is 57.9 Å². The summed E-state index contributed by atoms with van der Waals surface area (Å²) >= 11 is 0. The summed E-state index contributed by atoms with van der Waals surface area (Å²) in [6.45, 7) is 10.1. The highest BCUT2D eigenvalue weighted by molar-refractivity contribution is 5.84. The lowest BCUT2D eigenvalue weighted by molar-refractivity contribution is -0.125. The number of ether oxygens (including phenoxy) is 1. The van der Waals surface area contributed by atoms with Crippen LogP contribution in [0.3, 0.4) is 0 Å². The third-order valence-electron chi connectivity index (χ3n) is 7.21. The number of carbonyl (C=O) groups excluding carboxylic acids is 1. The van der Waals surface area contributed by atoms with Gasteiger partial charge in [-0.3, -0.25) is 4.79 Å². The Labute approximate surface area is 220 Å². The van der Waals surface area contributed by atoms with Crippen LogP contribution in [-0.4, -0.2) is 72.6 Å². The predicted octanol–water partition coefficient (Wildman–Crippen LogP) is 3.80. The van der Waals surface area contributed by atoms with Gasteiger partial charge in [0.2, 0.25) is 11.9 Å². The van der Waals surface area contributed by atoms with Crippen LogP contribution in [-0.2, 0) is 4.79 Å². The molecule has 3 rings (SSSR count). The molecule has 8 nitrogen and oxygen atoms in total. The number of allylic oxidation sites excluding steroid dienone is 3. The maximum absolute atomic E-state index is 12.3. The number of hydrogen-bond donors (Lipinski definition) is 3. The minimum Gasteiger partial charge on any atom is -0.493 e. The maximum Gasteiger partial charge on any atom is 0.224 e. The number of carbonyl (C=O) groups is 1. The van der Waals surface area contributed by atoms with E-state index in [1.54, 1.807) is 0 Å². The number of guanidine groups is 1. The van der Waals surface area contributed by atoms with E-state index < -0.39 is 6.10 Å². The highest BCUT2D eigenvalue weighted by Gasteiger charge is 2.23. The van der Waals surface area contributed by atoms with Gasteiger partial charge in [0.05, 0.1) is 19.3 Å². The summed E-state index contributed by atoms with van der Waals surface area (Å²) in [7, 11) is 0. The minimum absolute atomic E-state index is 0.0647. The van der Waals surface area contributed by atoms with Gasteiger partial charge < -0.3 is 25.2 Å². The van der Waals surface area contributed by atoms with E-state index in [2.05, 4.69) is 59.0 Å². The normalized spacial score (nSPS) is 20.3. The summed E-state index contributed by atoms with van der Waals surface area (Å²) < 4.78 is 6.10. The molecule has 2 aliphatic rings. The SMILES string of the molecule is C=N/C(=N\C=C(/C)CC)N1CCC(COc2ccc(C3=CCC(C(=O)NC[C@H](O)CO)CC3)cc2)CC1. The second-order valence-corrected chi connectivity index (χ2v) is 9.96. The van der Waals surface area contributed by atoms with Crippen LogP contribution in [0.2, 0.25) is 0 Å². The molecular formula is C29H42N4O4. The summed E-state index contributed by atoms with van der Waals surface area (Å²) in [4.78, 5) is 23.1. The zero-order valence-corrected chi connectivity index (χ0v) is 22.2. The first-order valence-electron chi connectivity index (χ1n) is 13.4. The number of nitrogens with one attached hydrogen (secondary N) is 1. The largest absolute Gasteiger partial charge is 0.493 e. The lowest BCUT2D eigenvalue weighted by Crippen LogP contribution is -2.38. The molecule has 37 heavy (non-hydrogen) atoms. The number of aliphatic imine (C=N–C) groups is 2. The molecule has 3 N–H and O–H groups in total. The quantitative estimate of drug-likeness (QED) is 0.328. The van der Waals surface area contributed by atoms with Crippen molar-refractivity contribution in [1.29, 1.82) is 0 Å². The summed E-state index contributed by atoms with van der Waals surface area (Å²) in [5.74, 6) is 1.91. The van der Waals surface area contributed by atoms with E-state index in [1.807, 2.05) is 18.3 Å². The van der Waals surface area contributed by atoms with Crippen molar-refractivity contribution in [3.8, 4) is 5.75 Å². The zero-order chi connectivity index (χ0) is 26.6. The number of hydrogen-bond acceptors (Lipinski definition) is 5. The van der Waals surface area contributed by atoms with Gasteiger partial charge in [-0.2, -0.15) is 0 Å². The number of amides is 1. The third-order valence-corrected chi connectivity index (χ3v) is 7.21.